The summed E-state index contributed by atoms with van der Waals surface area (Å²) in [5.41, 5.74) is -0.414. The van der Waals surface area contributed by atoms with Crippen LogP contribution in [0.3, 0.4) is 0 Å². The maximum absolute atomic E-state index is 11.0. The fourth-order valence-corrected chi connectivity index (χ4v) is 0.694. The first-order chi connectivity index (χ1) is 6.65. The molecule has 0 aromatic carbocycles. The summed E-state index contributed by atoms with van der Waals surface area (Å²) in [5.74, 6) is -0.977. The van der Waals surface area contributed by atoms with Gasteiger partial charge < -0.3 is 9.84 Å². The topological polar surface area (TPSA) is 94.1 Å². The van der Waals surface area contributed by atoms with Gasteiger partial charge in [-0.1, -0.05) is 13.3 Å². The number of ether oxygens (including phenoxy) is 1. The molecule has 0 aliphatic carbocycles. The Hall–Kier alpha value is -1.85. The van der Waals surface area contributed by atoms with Gasteiger partial charge in [-0.2, -0.15) is 10.5 Å². The van der Waals surface area contributed by atoms with E-state index in [1.54, 1.807) is 0 Å². The van der Waals surface area contributed by atoms with Crippen molar-refractivity contribution in [1.82, 2.24) is 0 Å². The monoisotopic (exact) mass is 194 g/mol. The molecule has 5 heteroatoms. The molecule has 74 valence electrons. The van der Waals surface area contributed by atoms with E-state index in [2.05, 4.69) is 4.74 Å². The van der Waals surface area contributed by atoms with E-state index in [4.69, 9.17) is 15.6 Å². The van der Waals surface area contributed by atoms with Gasteiger partial charge in [0.05, 0.1) is 6.07 Å². The molecule has 1 unspecified atom stereocenters. The van der Waals surface area contributed by atoms with E-state index in [9.17, 15) is 4.79 Å². The Morgan fingerprint density at radius 3 is 2.71 bits per heavy atom. The lowest BCUT2D eigenvalue weighted by Crippen LogP contribution is -2.18. The third-order valence-electron chi connectivity index (χ3n) is 1.33. The molecule has 0 aliphatic rings. The molecule has 1 N–H and O–H groups in total. The van der Waals surface area contributed by atoms with Crippen LogP contribution in [0.5, 0.6) is 0 Å². The molecule has 0 rings (SSSR count). The van der Waals surface area contributed by atoms with Crippen molar-refractivity contribution < 1.29 is 14.6 Å². The van der Waals surface area contributed by atoms with Crippen LogP contribution in [-0.4, -0.2) is 17.4 Å². The van der Waals surface area contributed by atoms with Crippen molar-refractivity contribution in [1.29, 1.82) is 10.5 Å². The Bertz CT molecular complexity index is 309. The molecular weight excluding hydrogens is 184 g/mol. The third kappa shape index (κ3) is 4.24. The molecule has 5 nitrogen and oxygen atoms in total. The number of nitrogens with zero attached hydrogens (tertiary/aromatic N) is 2. The second-order valence-electron chi connectivity index (χ2n) is 2.45. The first kappa shape index (κ1) is 12.2. The molecule has 0 bridgehead atoms. The Balaban J connectivity index is 4.29. The summed E-state index contributed by atoms with van der Waals surface area (Å²) >= 11 is 0. The SMILES string of the molecule is CCCC(O)OC(=O)C(C#N)=CC#N. The van der Waals surface area contributed by atoms with Crippen molar-refractivity contribution in [2.45, 2.75) is 26.1 Å². The average Bonchev–Trinajstić information content (AvgIpc) is 2.14. The largest absolute Gasteiger partial charge is 0.432 e. The van der Waals surface area contributed by atoms with E-state index in [1.165, 1.54) is 12.1 Å². The molecule has 0 radical (unpaired) electrons. The fraction of sp³-hybridized carbons (Fsp3) is 0.444. The van der Waals surface area contributed by atoms with Gasteiger partial charge in [-0.15, -0.1) is 0 Å². The Kier molecular flexibility index (Phi) is 5.77. The van der Waals surface area contributed by atoms with Crippen LogP contribution in [0.25, 0.3) is 0 Å². The highest BCUT2D eigenvalue weighted by Crippen LogP contribution is 2.03. The number of rotatable bonds is 4. The van der Waals surface area contributed by atoms with E-state index in [0.717, 1.165) is 6.08 Å². The summed E-state index contributed by atoms with van der Waals surface area (Å²) in [4.78, 5) is 11.0. The van der Waals surface area contributed by atoms with E-state index in [0.29, 0.717) is 12.8 Å². The van der Waals surface area contributed by atoms with Gasteiger partial charge in [-0.3, -0.25) is 0 Å². The summed E-state index contributed by atoms with van der Waals surface area (Å²) in [6, 6.07) is 3.04. The molecule has 14 heavy (non-hydrogen) atoms. The summed E-state index contributed by atoms with van der Waals surface area (Å²) in [6.45, 7) is 1.81. The summed E-state index contributed by atoms with van der Waals surface area (Å²) in [6.07, 6.45) is 0.513. The van der Waals surface area contributed by atoms with Crippen LogP contribution >= 0.6 is 0 Å². The molecule has 0 saturated heterocycles. The summed E-state index contributed by atoms with van der Waals surface area (Å²) < 4.78 is 4.47. The van der Waals surface area contributed by atoms with Crippen molar-refractivity contribution in [2.75, 3.05) is 0 Å². The zero-order chi connectivity index (χ0) is 11.0. The number of allylic oxidation sites excluding steroid dienone is 1. The maximum atomic E-state index is 11.0. The highest BCUT2D eigenvalue weighted by molar-refractivity contribution is 5.93. The Labute approximate surface area is 81.8 Å². The van der Waals surface area contributed by atoms with Gasteiger partial charge in [-0.05, 0) is 0 Å². The molecular formula is C9H10N2O3. The van der Waals surface area contributed by atoms with Crippen LogP contribution in [0.2, 0.25) is 0 Å². The lowest BCUT2D eigenvalue weighted by Gasteiger charge is -2.09. The number of aliphatic hydroxyl groups excluding tert-OH is 1. The number of esters is 1. The first-order valence-corrected chi connectivity index (χ1v) is 4.04. The third-order valence-corrected chi connectivity index (χ3v) is 1.33. The Morgan fingerprint density at radius 1 is 1.64 bits per heavy atom. The molecule has 0 aromatic heterocycles. The molecule has 0 saturated carbocycles. The number of hydrogen-bond donors (Lipinski definition) is 1. The van der Waals surface area contributed by atoms with Crippen molar-refractivity contribution in [3.8, 4) is 12.1 Å². The van der Waals surface area contributed by atoms with Crippen LogP contribution in [0.15, 0.2) is 11.6 Å². The van der Waals surface area contributed by atoms with Crippen LogP contribution in [0.4, 0.5) is 0 Å². The maximum Gasteiger partial charge on any atom is 0.351 e. The lowest BCUT2D eigenvalue weighted by molar-refractivity contribution is -0.163. The molecule has 0 fully saturated rings. The van der Waals surface area contributed by atoms with Gasteiger partial charge in [0.1, 0.15) is 11.6 Å². The molecule has 0 aliphatic heterocycles. The van der Waals surface area contributed by atoms with Gasteiger partial charge >= 0.3 is 5.97 Å². The molecule has 0 heterocycles. The normalized spacial score (nSPS) is 12.4. The minimum absolute atomic E-state index is 0.303. The number of aliphatic hydroxyl groups is 1. The first-order valence-electron chi connectivity index (χ1n) is 4.04. The molecule has 0 spiro atoms. The predicted octanol–water partition coefficient (Wildman–Crippen LogP) is 0.622. The van der Waals surface area contributed by atoms with Crippen molar-refractivity contribution in [3.05, 3.63) is 11.6 Å². The van der Waals surface area contributed by atoms with Crippen molar-refractivity contribution in [3.63, 3.8) is 0 Å². The van der Waals surface area contributed by atoms with Gasteiger partial charge in [0.25, 0.3) is 0 Å². The van der Waals surface area contributed by atoms with Gasteiger partial charge in [-0.25, -0.2) is 4.79 Å². The second kappa shape index (κ2) is 6.64. The molecule has 0 aromatic rings. The van der Waals surface area contributed by atoms with Crippen LogP contribution in [-0.2, 0) is 9.53 Å². The molecule has 1 atom stereocenters. The smallest absolute Gasteiger partial charge is 0.351 e. The number of nitriles is 2. The fourth-order valence-electron chi connectivity index (χ4n) is 0.694. The van der Waals surface area contributed by atoms with E-state index in [1.807, 2.05) is 6.92 Å². The van der Waals surface area contributed by atoms with Crippen LogP contribution in [0.1, 0.15) is 19.8 Å². The minimum Gasteiger partial charge on any atom is -0.432 e. The van der Waals surface area contributed by atoms with E-state index < -0.39 is 17.8 Å². The summed E-state index contributed by atoms with van der Waals surface area (Å²) in [7, 11) is 0. The van der Waals surface area contributed by atoms with Crippen LogP contribution in [0, 0.1) is 22.7 Å². The van der Waals surface area contributed by atoms with Crippen LogP contribution < -0.4 is 0 Å². The number of carbonyl (C=O) groups excluding carboxylic acids is 1. The van der Waals surface area contributed by atoms with Crippen molar-refractivity contribution >= 4 is 5.97 Å². The van der Waals surface area contributed by atoms with E-state index in [-0.39, 0.29) is 0 Å². The zero-order valence-corrected chi connectivity index (χ0v) is 7.73. The number of carbonyl (C=O) groups is 1. The number of hydrogen-bond acceptors (Lipinski definition) is 5. The summed E-state index contributed by atoms with van der Waals surface area (Å²) in [5, 5.41) is 25.7. The minimum atomic E-state index is -1.22. The average molecular weight is 194 g/mol. The van der Waals surface area contributed by atoms with Gasteiger partial charge in [0.2, 0.25) is 6.29 Å². The highest BCUT2D eigenvalue weighted by atomic mass is 16.6. The second-order valence-corrected chi connectivity index (χ2v) is 2.45. The zero-order valence-electron chi connectivity index (χ0n) is 7.73. The predicted molar refractivity (Wildman–Crippen MR) is 46.3 cm³/mol. The van der Waals surface area contributed by atoms with Crippen molar-refractivity contribution in [2.24, 2.45) is 0 Å². The van der Waals surface area contributed by atoms with E-state index >= 15 is 0 Å². The quantitative estimate of drug-likeness (QED) is 0.306. The standard InChI is InChI=1S/C9H10N2O3/c1-2-3-8(12)14-9(13)7(6-11)4-5-10/h4,8,12H,2-3H2,1H3. The van der Waals surface area contributed by atoms with Gasteiger partial charge in [0, 0.05) is 12.5 Å². The van der Waals surface area contributed by atoms with Gasteiger partial charge in [0.15, 0.2) is 0 Å². The lowest BCUT2D eigenvalue weighted by atomic mass is 10.3. The molecule has 0 amide bonds. The highest BCUT2D eigenvalue weighted by Gasteiger charge is 2.14. The Morgan fingerprint density at radius 2 is 2.29 bits per heavy atom.